The Kier molecular flexibility index (Phi) is 5.54. The van der Waals surface area contributed by atoms with E-state index in [1.165, 1.54) is 0 Å². The summed E-state index contributed by atoms with van der Waals surface area (Å²) in [5.74, 6) is 1.89. The van der Waals surface area contributed by atoms with Crippen LogP contribution in [0, 0.1) is 0 Å². The van der Waals surface area contributed by atoms with Gasteiger partial charge in [0, 0.05) is 25.7 Å². The Hall–Kier alpha value is -1.17. The van der Waals surface area contributed by atoms with Crippen LogP contribution in [-0.2, 0) is 13.3 Å². The molecular formula is C17H23NO5Si2. The molecule has 0 atom stereocenters. The second-order valence-corrected chi connectivity index (χ2v) is 10.5. The van der Waals surface area contributed by atoms with E-state index in [2.05, 4.69) is 4.90 Å². The summed E-state index contributed by atoms with van der Waals surface area (Å²) in [6, 6.07) is 9.70. The Labute approximate surface area is 151 Å². The molecule has 6 nitrogen and oxygen atoms in total. The third-order valence-electron chi connectivity index (χ3n) is 4.62. The van der Waals surface area contributed by atoms with Crippen LogP contribution in [0.25, 0.3) is 0 Å². The van der Waals surface area contributed by atoms with Crippen molar-refractivity contribution < 1.29 is 22.1 Å². The summed E-state index contributed by atoms with van der Waals surface area (Å²) in [6.45, 7) is 5.04. The third kappa shape index (κ3) is 4.16. The molecule has 0 spiro atoms. The minimum Gasteiger partial charge on any atom is -0.469 e. The van der Waals surface area contributed by atoms with E-state index < -0.39 is 8.80 Å². The maximum Gasteiger partial charge on any atom is 0.500 e. The van der Waals surface area contributed by atoms with Crippen LogP contribution < -0.4 is 0 Å². The van der Waals surface area contributed by atoms with E-state index in [9.17, 15) is 0 Å². The van der Waals surface area contributed by atoms with Crippen LogP contribution in [0.1, 0.15) is 17.1 Å². The normalized spacial score (nSPS) is 27.2. The zero-order valence-corrected chi connectivity index (χ0v) is 16.2. The van der Waals surface area contributed by atoms with Crippen LogP contribution >= 0.6 is 0 Å². The Morgan fingerprint density at radius 3 is 1.96 bits per heavy atom. The molecule has 5 rings (SSSR count). The fourth-order valence-electron chi connectivity index (χ4n) is 3.29. The zero-order chi connectivity index (χ0) is 17.0. The van der Waals surface area contributed by atoms with Crippen molar-refractivity contribution in [3.05, 3.63) is 48.3 Å². The zero-order valence-electron chi connectivity index (χ0n) is 14.2. The van der Waals surface area contributed by atoms with Gasteiger partial charge < -0.3 is 22.1 Å². The van der Waals surface area contributed by atoms with E-state index in [4.69, 9.17) is 22.1 Å². The van der Waals surface area contributed by atoms with Gasteiger partial charge in [-0.15, -0.1) is 0 Å². The van der Waals surface area contributed by atoms with Crippen LogP contribution in [0.2, 0.25) is 12.1 Å². The number of rotatable bonds is 6. The van der Waals surface area contributed by atoms with Crippen molar-refractivity contribution >= 4 is 18.3 Å². The first-order chi connectivity index (χ1) is 12.3. The monoisotopic (exact) mass is 377 g/mol. The van der Waals surface area contributed by atoms with Crippen molar-refractivity contribution in [2.45, 2.75) is 17.6 Å². The fourth-order valence-corrected chi connectivity index (χ4v) is 8.00. The molecule has 3 aliphatic rings. The second-order valence-electron chi connectivity index (χ2n) is 6.24. The maximum absolute atomic E-state index is 6.11. The van der Waals surface area contributed by atoms with Gasteiger partial charge in [0.25, 0.3) is 0 Å². The minimum atomic E-state index is -2.54. The molecule has 3 fully saturated rings. The van der Waals surface area contributed by atoms with E-state index in [1.807, 2.05) is 24.3 Å². The second kappa shape index (κ2) is 8.02. The topological polar surface area (TPSA) is 57.2 Å². The highest BCUT2D eigenvalue weighted by Gasteiger charge is 2.43. The first-order valence-electron chi connectivity index (χ1n) is 8.79. The van der Waals surface area contributed by atoms with Gasteiger partial charge in [-0.05, 0) is 24.3 Å². The van der Waals surface area contributed by atoms with E-state index in [1.54, 1.807) is 12.5 Å². The van der Waals surface area contributed by atoms with Gasteiger partial charge in [0.15, 0.2) is 0 Å². The highest BCUT2D eigenvalue weighted by Crippen LogP contribution is 2.28. The van der Waals surface area contributed by atoms with Crippen LogP contribution in [0.5, 0.6) is 0 Å². The number of hydrogen-bond donors (Lipinski definition) is 0. The van der Waals surface area contributed by atoms with Gasteiger partial charge in [-0.2, -0.15) is 0 Å². The van der Waals surface area contributed by atoms with Crippen LogP contribution in [0.15, 0.2) is 45.6 Å². The molecule has 2 bridgehead atoms. The smallest absolute Gasteiger partial charge is 0.469 e. The van der Waals surface area contributed by atoms with Crippen LogP contribution in [-0.4, -0.2) is 62.7 Å². The molecule has 3 saturated heterocycles. The van der Waals surface area contributed by atoms with E-state index >= 15 is 0 Å². The lowest BCUT2D eigenvalue weighted by Gasteiger charge is -2.38. The lowest BCUT2D eigenvalue weighted by molar-refractivity contribution is -0.00749. The van der Waals surface area contributed by atoms with Crippen LogP contribution in [0.4, 0.5) is 0 Å². The molecule has 2 aromatic heterocycles. The van der Waals surface area contributed by atoms with E-state index in [0.29, 0.717) is 29.3 Å². The molecule has 0 aliphatic carbocycles. The van der Waals surface area contributed by atoms with Crippen molar-refractivity contribution in [3.8, 4) is 0 Å². The summed E-state index contributed by atoms with van der Waals surface area (Å²) in [5.41, 5.74) is 0.146. The number of hydrogen-bond acceptors (Lipinski definition) is 6. The Morgan fingerprint density at radius 1 is 0.920 bits per heavy atom. The summed E-state index contributed by atoms with van der Waals surface area (Å²) in [6.07, 6.45) is 3.43. The van der Waals surface area contributed by atoms with Gasteiger partial charge >= 0.3 is 8.80 Å². The Morgan fingerprint density at radius 2 is 1.48 bits per heavy atom. The van der Waals surface area contributed by atoms with E-state index in [-0.39, 0.29) is 5.54 Å². The van der Waals surface area contributed by atoms with Gasteiger partial charge in [0.2, 0.25) is 0 Å². The molecule has 134 valence electrons. The first kappa shape index (κ1) is 17.3. The molecule has 2 aromatic rings. The summed E-state index contributed by atoms with van der Waals surface area (Å²) in [5, 5.41) is 0. The third-order valence-corrected chi connectivity index (χ3v) is 9.43. The molecule has 0 N–H and O–H groups in total. The molecule has 3 aliphatic heterocycles. The number of furan rings is 2. The van der Waals surface area contributed by atoms with Crippen LogP contribution in [0.3, 0.4) is 0 Å². The molecule has 0 aromatic carbocycles. The summed E-state index contributed by atoms with van der Waals surface area (Å²) in [7, 11) is -1.92. The molecule has 2 radical (unpaired) electrons. The summed E-state index contributed by atoms with van der Waals surface area (Å²) >= 11 is 0. The van der Waals surface area contributed by atoms with Crippen molar-refractivity contribution in [1.29, 1.82) is 0 Å². The van der Waals surface area contributed by atoms with Crippen molar-refractivity contribution in [1.82, 2.24) is 4.90 Å². The highest BCUT2D eigenvalue weighted by atomic mass is 28.4. The molecule has 8 heteroatoms. The van der Waals surface area contributed by atoms with Crippen molar-refractivity contribution in [3.63, 3.8) is 0 Å². The van der Waals surface area contributed by atoms with Gasteiger partial charge in [0.1, 0.15) is 11.5 Å². The fraction of sp³-hybridized carbons (Fsp3) is 0.529. The summed E-state index contributed by atoms with van der Waals surface area (Å²) in [4.78, 5) is 2.34. The van der Waals surface area contributed by atoms with E-state index in [0.717, 1.165) is 43.2 Å². The Bertz CT molecular complexity index is 573. The molecule has 25 heavy (non-hydrogen) atoms. The first-order valence-corrected chi connectivity index (χ1v) is 12.0. The van der Waals surface area contributed by atoms with Gasteiger partial charge in [0.05, 0.1) is 47.4 Å². The molecule has 5 heterocycles. The summed E-state index contributed by atoms with van der Waals surface area (Å²) < 4.78 is 29.6. The maximum atomic E-state index is 6.11. The predicted octanol–water partition coefficient (Wildman–Crippen LogP) is 2.40. The number of nitrogens with zero attached hydrogens (tertiary/aromatic N) is 1. The Balaban J connectivity index is 1.41. The van der Waals surface area contributed by atoms with Gasteiger partial charge in [-0.1, -0.05) is 6.04 Å². The average Bonchev–Trinajstić information content (AvgIpc) is 3.26. The molecule has 0 saturated carbocycles. The quantitative estimate of drug-likeness (QED) is 0.721. The molecule has 0 amide bonds. The SMILES string of the molecule is c1coc(C([Si]CC[Si]23OCCN(CCO2)CCO3)c2ccco2)c1. The van der Waals surface area contributed by atoms with Crippen molar-refractivity contribution in [2.24, 2.45) is 0 Å². The lowest BCUT2D eigenvalue weighted by Crippen LogP contribution is -2.55. The van der Waals surface area contributed by atoms with Crippen molar-refractivity contribution in [2.75, 3.05) is 39.5 Å². The highest BCUT2D eigenvalue weighted by molar-refractivity contribution is 6.62. The predicted molar refractivity (Wildman–Crippen MR) is 94.7 cm³/mol. The van der Waals surface area contributed by atoms with Gasteiger partial charge in [-0.25, -0.2) is 0 Å². The number of fused-ring (bicyclic) bond motifs is 6. The van der Waals surface area contributed by atoms with Gasteiger partial charge in [-0.3, -0.25) is 4.90 Å². The largest absolute Gasteiger partial charge is 0.500 e. The standard InChI is InChI=1S/C17H23NO5Si2/c1-3-15(19-8-1)17(16-4-2-9-20-16)24-13-14-25-21-10-5-18(6-11-22-25)7-12-23-25/h1-4,8-9,17H,5-7,10-14H2. The molecule has 0 unspecified atom stereocenters. The minimum absolute atomic E-state index is 0.146. The average molecular weight is 378 g/mol. The molecular weight excluding hydrogens is 354 g/mol. The lowest BCUT2D eigenvalue weighted by atomic mass is 10.2.